The molecule has 0 N–H and O–H groups in total. The SMILES string of the molecule is C[C@@H](CCc1cccc(F)c1)C(=O)N1CCC(N2CCCC2=O)CC1. The summed E-state index contributed by atoms with van der Waals surface area (Å²) in [6, 6.07) is 6.89. The van der Waals surface area contributed by atoms with Crippen LogP contribution in [0.1, 0.15) is 44.6 Å². The molecular weight excluding hydrogens is 319 g/mol. The van der Waals surface area contributed by atoms with Crippen LogP contribution in [-0.4, -0.2) is 47.3 Å². The third-order valence-electron chi connectivity index (χ3n) is 5.50. The molecule has 2 saturated heterocycles. The van der Waals surface area contributed by atoms with Gasteiger partial charge in [0.25, 0.3) is 0 Å². The number of carbonyl (C=O) groups excluding carboxylic acids is 2. The van der Waals surface area contributed by atoms with Crippen LogP contribution in [0.2, 0.25) is 0 Å². The van der Waals surface area contributed by atoms with Crippen molar-refractivity contribution in [3.63, 3.8) is 0 Å². The predicted molar refractivity (Wildman–Crippen MR) is 94.4 cm³/mol. The van der Waals surface area contributed by atoms with Gasteiger partial charge in [0.05, 0.1) is 0 Å². The van der Waals surface area contributed by atoms with E-state index in [1.165, 1.54) is 12.1 Å². The molecule has 2 heterocycles. The molecule has 0 aliphatic carbocycles. The van der Waals surface area contributed by atoms with Gasteiger partial charge in [0.2, 0.25) is 11.8 Å². The average molecular weight is 346 g/mol. The Morgan fingerprint density at radius 1 is 1.28 bits per heavy atom. The third-order valence-corrected chi connectivity index (χ3v) is 5.50. The van der Waals surface area contributed by atoms with Crippen molar-refractivity contribution < 1.29 is 14.0 Å². The summed E-state index contributed by atoms with van der Waals surface area (Å²) >= 11 is 0. The minimum Gasteiger partial charge on any atom is -0.342 e. The number of carbonyl (C=O) groups is 2. The Morgan fingerprint density at radius 3 is 2.68 bits per heavy atom. The van der Waals surface area contributed by atoms with Gasteiger partial charge < -0.3 is 9.80 Å². The normalized spacial score (nSPS) is 20.2. The molecule has 0 radical (unpaired) electrons. The summed E-state index contributed by atoms with van der Waals surface area (Å²) in [4.78, 5) is 28.5. The van der Waals surface area contributed by atoms with E-state index in [1.807, 2.05) is 22.8 Å². The van der Waals surface area contributed by atoms with Crippen LogP contribution in [0.15, 0.2) is 24.3 Å². The smallest absolute Gasteiger partial charge is 0.225 e. The monoisotopic (exact) mass is 346 g/mol. The van der Waals surface area contributed by atoms with E-state index in [2.05, 4.69) is 0 Å². The fraction of sp³-hybridized carbons (Fsp3) is 0.600. The number of hydrogen-bond donors (Lipinski definition) is 0. The molecule has 3 rings (SSSR count). The first kappa shape index (κ1) is 17.9. The number of rotatable bonds is 5. The zero-order valence-electron chi connectivity index (χ0n) is 14.9. The van der Waals surface area contributed by atoms with Crippen molar-refractivity contribution in [2.75, 3.05) is 19.6 Å². The second-order valence-electron chi connectivity index (χ2n) is 7.32. The predicted octanol–water partition coefficient (Wildman–Crippen LogP) is 3.01. The number of halogens is 1. The molecule has 1 atom stereocenters. The molecule has 0 unspecified atom stereocenters. The van der Waals surface area contributed by atoms with Crippen LogP contribution in [0.25, 0.3) is 0 Å². The number of hydrogen-bond acceptors (Lipinski definition) is 2. The van der Waals surface area contributed by atoms with Crippen molar-refractivity contribution in [1.29, 1.82) is 0 Å². The molecule has 25 heavy (non-hydrogen) atoms. The molecule has 1 aromatic carbocycles. The highest BCUT2D eigenvalue weighted by molar-refractivity contribution is 5.79. The van der Waals surface area contributed by atoms with E-state index in [9.17, 15) is 14.0 Å². The molecule has 1 aromatic rings. The molecular formula is C20H27FN2O2. The Hall–Kier alpha value is -1.91. The minimum atomic E-state index is -0.227. The Kier molecular flexibility index (Phi) is 5.71. The summed E-state index contributed by atoms with van der Waals surface area (Å²) in [7, 11) is 0. The number of benzene rings is 1. The van der Waals surface area contributed by atoms with Crippen molar-refractivity contribution in [2.24, 2.45) is 5.92 Å². The Bertz CT molecular complexity index is 626. The van der Waals surface area contributed by atoms with E-state index in [0.717, 1.165) is 50.9 Å². The van der Waals surface area contributed by atoms with Crippen LogP contribution in [0.3, 0.4) is 0 Å². The number of likely N-dealkylation sites (tertiary alicyclic amines) is 2. The zero-order valence-corrected chi connectivity index (χ0v) is 14.9. The van der Waals surface area contributed by atoms with Crippen LogP contribution in [0.4, 0.5) is 4.39 Å². The van der Waals surface area contributed by atoms with E-state index in [1.54, 1.807) is 6.07 Å². The van der Waals surface area contributed by atoms with Crippen LogP contribution < -0.4 is 0 Å². The highest BCUT2D eigenvalue weighted by Crippen LogP contribution is 2.23. The number of piperidine rings is 1. The van der Waals surface area contributed by atoms with Gasteiger partial charge in [0.1, 0.15) is 5.82 Å². The molecule has 0 bridgehead atoms. The van der Waals surface area contributed by atoms with E-state index in [0.29, 0.717) is 18.9 Å². The summed E-state index contributed by atoms with van der Waals surface area (Å²) in [5.74, 6) is 0.166. The molecule has 5 heteroatoms. The summed E-state index contributed by atoms with van der Waals surface area (Å²) in [6.07, 6.45) is 4.85. The largest absolute Gasteiger partial charge is 0.342 e. The molecule has 2 aliphatic heterocycles. The van der Waals surface area contributed by atoms with E-state index in [-0.39, 0.29) is 23.5 Å². The van der Waals surface area contributed by atoms with Crippen LogP contribution >= 0.6 is 0 Å². The lowest BCUT2D eigenvalue weighted by atomic mass is 9.97. The van der Waals surface area contributed by atoms with Crippen LogP contribution in [0, 0.1) is 11.7 Å². The van der Waals surface area contributed by atoms with Gasteiger partial charge in [-0.2, -0.15) is 0 Å². The van der Waals surface area contributed by atoms with Crippen molar-refractivity contribution >= 4 is 11.8 Å². The van der Waals surface area contributed by atoms with Gasteiger partial charge in [-0.05, 0) is 49.8 Å². The topological polar surface area (TPSA) is 40.6 Å². The summed E-state index contributed by atoms with van der Waals surface area (Å²) in [6.45, 7) is 4.30. The highest BCUT2D eigenvalue weighted by Gasteiger charge is 2.32. The van der Waals surface area contributed by atoms with Gasteiger partial charge >= 0.3 is 0 Å². The summed E-state index contributed by atoms with van der Waals surface area (Å²) < 4.78 is 13.2. The van der Waals surface area contributed by atoms with Gasteiger partial charge in [0, 0.05) is 38.0 Å². The van der Waals surface area contributed by atoms with Gasteiger partial charge in [-0.3, -0.25) is 9.59 Å². The standard InChI is InChI=1S/C20H27FN2O2/c1-15(7-8-16-4-2-5-17(21)14-16)20(25)22-12-9-18(10-13-22)23-11-3-6-19(23)24/h2,4-5,14-15,18H,3,6-13H2,1H3/t15-/m0/s1. The highest BCUT2D eigenvalue weighted by atomic mass is 19.1. The first-order valence-corrected chi connectivity index (χ1v) is 9.37. The zero-order chi connectivity index (χ0) is 17.8. The fourth-order valence-corrected chi connectivity index (χ4v) is 3.96. The lowest BCUT2D eigenvalue weighted by Gasteiger charge is -2.37. The molecule has 2 fully saturated rings. The van der Waals surface area contributed by atoms with Crippen LogP contribution in [0.5, 0.6) is 0 Å². The quantitative estimate of drug-likeness (QED) is 0.822. The first-order valence-electron chi connectivity index (χ1n) is 9.37. The Labute approximate surface area is 149 Å². The van der Waals surface area contributed by atoms with E-state index >= 15 is 0 Å². The van der Waals surface area contributed by atoms with Gasteiger partial charge in [-0.25, -0.2) is 4.39 Å². The maximum atomic E-state index is 13.2. The second kappa shape index (κ2) is 7.98. The average Bonchev–Trinajstić information content (AvgIpc) is 3.05. The summed E-state index contributed by atoms with van der Waals surface area (Å²) in [5, 5.41) is 0. The van der Waals surface area contributed by atoms with Crippen molar-refractivity contribution in [1.82, 2.24) is 9.80 Å². The van der Waals surface area contributed by atoms with Gasteiger partial charge in [0.15, 0.2) is 0 Å². The lowest BCUT2D eigenvalue weighted by molar-refractivity contribution is -0.137. The maximum Gasteiger partial charge on any atom is 0.225 e. The number of nitrogens with zero attached hydrogens (tertiary/aromatic N) is 2. The van der Waals surface area contributed by atoms with Crippen molar-refractivity contribution in [3.8, 4) is 0 Å². The molecule has 136 valence electrons. The summed E-state index contributed by atoms with van der Waals surface area (Å²) in [5.41, 5.74) is 0.936. The molecule has 2 aliphatic rings. The van der Waals surface area contributed by atoms with E-state index < -0.39 is 0 Å². The first-order chi connectivity index (χ1) is 12.0. The molecule has 0 spiro atoms. The van der Waals surface area contributed by atoms with Gasteiger partial charge in [-0.15, -0.1) is 0 Å². The second-order valence-corrected chi connectivity index (χ2v) is 7.32. The van der Waals surface area contributed by atoms with Crippen LogP contribution in [-0.2, 0) is 16.0 Å². The molecule has 4 nitrogen and oxygen atoms in total. The maximum absolute atomic E-state index is 13.2. The number of aryl methyl sites for hydroxylation is 1. The fourth-order valence-electron chi connectivity index (χ4n) is 3.96. The third kappa shape index (κ3) is 4.39. The van der Waals surface area contributed by atoms with Crippen molar-refractivity contribution in [2.45, 2.75) is 51.5 Å². The Morgan fingerprint density at radius 2 is 2.04 bits per heavy atom. The molecule has 0 saturated carbocycles. The lowest BCUT2D eigenvalue weighted by Crippen LogP contribution is -2.48. The minimum absolute atomic E-state index is 0.0618. The Balaban J connectivity index is 1.46. The molecule has 2 amide bonds. The van der Waals surface area contributed by atoms with Crippen molar-refractivity contribution in [3.05, 3.63) is 35.6 Å². The molecule has 0 aromatic heterocycles. The number of amides is 2. The van der Waals surface area contributed by atoms with E-state index in [4.69, 9.17) is 0 Å². The van der Waals surface area contributed by atoms with Gasteiger partial charge in [-0.1, -0.05) is 19.1 Å².